The fraction of sp³-hybridized carbons (Fsp3) is 0.438. The SMILES string of the molecule is CCNC(=NCc1ccccc1C)NC1CC=CC1.I. The Morgan fingerprint density at radius 3 is 2.60 bits per heavy atom. The van der Waals surface area contributed by atoms with Crippen molar-refractivity contribution in [2.24, 2.45) is 4.99 Å². The van der Waals surface area contributed by atoms with Gasteiger partial charge in [0.1, 0.15) is 0 Å². The average molecular weight is 385 g/mol. The van der Waals surface area contributed by atoms with Gasteiger partial charge in [0, 0.05) is 12.6 Å². The monoisotopic (exact) mass is 385 g/mol. The summed E-state index contributed by atoms with van der Waals surface area (Å²) in [6.45, 7) is 5.84. The van der Waals surface area contributed by atoms with E-state index in [1.807, 2.05) is 0 Å². The number of hydrogen-bond donors (Lipinski definition) is 2. The van der Waals surface area contributed by atoms with E-state index in [1.54, 1.807) is 0 Å². The van der Waals surface area contributed by atoms with Crippen molar-refractivity contribution >= 4 is 29.9 Å². The molecular weight excluding hydrogens is 361 g/mol. The molecule has 1 aromatic rings. The summed E-state index contributed by atoms with van der Waals surface area (Å²) in [6.07, 6.45) is 6.63. The van der Waals surface area contributed by atoms with Gasteiger partial charge in [-0.15, -0.1) is 24.0 Å². The van der Waals surface area contributed by atoms with Crippen molar-refractivity contribution in [3.05, 3.63) is 47.5 Å². The van der Waals surface area contributed by atoms with Gasteiger partial charge in [-0.1, -0.05) is 36.4 Å². The van der Waals surface area contributed by atoms with Gasteiger partial charge in [0.15, 0.2) is 5.96 Å². The van der Waals surface area contributed by atoms with Gasteiger partial charge in [0.25, 0.3) is 0 Å². The largest absolute Gasteiger partial charge is 0.357 e. The predicted octanol–water partition coefficient (Wildman–Crippen LogP) is 3.39. The molecule has 110 valence electrons. The highest BCUT2D eigenvalue weighted by Crippen LogP contribution is 2.10. The number of benzene rings is 1. The molecule has 0 aliphatic heterocycles. The van der Waals surface area contributed by atoms with Crippen molar-refractivity contribution in [3.63, 3.8) is 0 Å². The van der Waals surface area contributed by atoms with Crippen LogP contribution in [0.15, 0.2) is 41.4 Å². The van der Waals surface area contributed by atoms with E-state index in [-0.39, 0.29) is 24.0 Å². The average Bonchev–Trinajstić information content (AvgIpc) is 2.91. The van der Waals surface area contributed by atoms with Crippen LogP contribution in [-0.2, 0) is 6.54 Å². The maximum absolute atomic E-state index is 4.67. The van der Waals surface area contributed by atoms with Gasteiger partial charge in [-0.25, -0.2) is 4.99 Å². The van der Waals surface area contributed by atoms with E-state index < -0.39 is 0 Å². The summed E-state index contributed by atoms with van der Waals surface area (Å²) < 4.78 is 0. The van der Waals surface area contributed by atoms with Crippen LogP contribution in [0.3, 0.4) is 0 Å². The minimum atomic E-state index is 0. The molecule has 0 amide bonds. The first-order valence-corrected chi connectivity index (χ1v) is 7.04. The van der Waals surface area contributed by atoms with E-state index in [2.05, 4.69) is 65.9 Å². The standard InChI is InChI=1S/C16H23N3.HI/c1-3-17-16(19-15-10-6-7-11-15)18-12-14-9-5-4-8-13(14)2;/h4-9,15H,3,10-12H2,1-2H3,(H2,17,18,19);1H. The van der Waals surface area contributed by atoms with Gasteiger partial charge in [-0.3, -0.25) is 0 Å². The molecule has 0 aromatic heterocycles. The second kappa shape index (κ2) is 9.00. The van der Waals surface area contributed by atoms with E-state index in [0.29, 0.717) is 6.04 Å². The first kappa shape index (κ1) is 17.0. The lowest BCUT2D eigenvalue weighted by molar-refractivity contribution is 0.633. The van der Waals surface area contributed by atoms with Crippen LogP contribution in [0, 0.1) is 6.92 Å². The number of aliphatic imine (C=N–C) groups is 1. The molecule has 0 heterocycles. The van der Waals surface area contributed by atoms with Crippen LogP contribution in [0.4, 0.5) is 0 Å². The summed E-state index contributed by atoms with van der Waals surface area (Å²) in [6, 6.07) is 8.90. The van der Waals surface area contributed by atoms with Gasteiger partial charge in [-0.2, -0.15) is 0 Å². The van der Waals surface area contributed by atoms with Crippen LogP contribution in [0.2, 0.25) is 0 Å². The molecule has 1 aliphatic carbocycles. The number of rotatable bonds is 4. The highest BCUT2D eigenvalue weighted by molar-refractivity contribution is 14.0. The van der Waals surface area contributed by atoms with Gasteiger partial charge < -0.3 is 10.6 Å². The summed E-state index contributed by atoms with van der Waals surface area (Å²) in [5.74, 6) is 0.916. The quantitative estimate of drug-likeness (QED) is 0.361. The second-order valence-electron chi connectivity index (χ2n) is 4.91. The van der Waals surface area contributed by atoms with Crippen LogP contribution in [-0.4, -0.2) is 18.5 Å². The molecular formula is C16H24IN3. The number of halogens is 1. The molecule has 1 aliphatic rings. The molecule has 2 N–H and O–H groups in total. The number of nitrogens with one attached hydrogen (secondary N) is 2. The van der Waals surface area contributed by atoms with Crippen molar-refractivity contribution in [2.75, 3.05) is 6.54 Å². The van der Waals surface area contributed by atoms with E-state index in [1.165, 1.54) is 11.1 Å². The molecule has 20 heavy (non-hydrogen) atoms. The summed E-state index contributed by atoms with van der Waals surface area (Å²) in [4.78, 5) is 4.67. The predicted molar refractivity (Wildman–Crippen MR) is 96.7 cm³/mol. The van der Waals surface area contributed by atoms with Crippen LogP contribution >= 0.6 is 24.0 Å². The molecule has 0 bridgehead atoms. The molecule has 0 spiro atoms. The Morgan fingerprint density at radius 1 is 1.25 bits per heavy atom. The van der Waals surface area contributed by atoms with Crippen LogP contribution in [0.25, 0.3) is 0 Å². The highest BCUT2D eigenvalue weighted by atomic mass is 127. The minimum absolute atomic E-state index is 0. The molecule has 0 saturated heterocycles. The molecule has 4 heteroatoms. The summed E-state index contributed by atoms with van der Waals surface area (Å²) in [7, 11) is 0. The van der Waals surface area contributed by atoms with E-state index >= 15 is 0 Å². The maximum atomic E-state index is 4.67. The Hall–Kier alpha value is -1.04. The molecule has 0 fully saturated rings. The summed E-state index contributed by atoms with van der Waals surface area (Å²) in [5.41, 5.74) is 2.58. The third-order valence-electron chi connectivity index (χ3n) is 3.36. The normalized spacial score (nSPS) is 15.0. The van der Waals surface area contributed by atoms with E-state index in [0.717, 1.165) is 31.9 Å². The first-order valence-electron chi connectivity index (χ1n) is 7.04. The lowest BCUT2D eigenvalue weighted by Crippen LogP contribution is -2.42. The molecule has 2 rings (SSSR count). The Bertz CT molecular complexity index is 461. The lowest BCUT2D eigenvalue weighted by atomic mass is 10.1. The zero-order valence-electron chi connectivity index (χ0n) is 12.2. The van der Waals surface area contributed by atoms with Gasteiger partial charge in [0.2, 0.25) is 0 Å². The molecule has 0 atom stereocenters. The van der Waals surface area contributed by atoms with Crippen LogP contribution in [0.1, 0.15) is 30.9 Å². The van der Waals surface area contributed by atoms with Crippen molar-refractivity contribution in [3.8, 4) is 0 Å². The van der Waals surface area contributed by atoms with Crippen LogP contribution in [0.5, 0.6) is 0 Å². The molecule has 0 saturated carbocycles. The molecule has 1 aromatic carbocycles. The van der Waals surface area contributed by atoms with Crippen molar-refractivity contribution in [1.82, 2.24) is 10.6 Å². The van der Waals surface area contributed by atoms with Crippen LogP contribution < -0.4 is 10.6 Å². The van der Waals surface area contributed by atoms with Gasteiger partial charge in [0.05, 0.1) is 6.54 Å². The van der Waals surface area contributed by atoms with Crippen molar-refractivity contribution in [1.29, 1.82) is 0 Å². The molecule has 3 nitrogen and oxygen atoms in total. The van der Waals surface area contributed by atoms with Crippen molar-refractivity contribution in [2.45, 2.75) is 39.3 Å². The smallest absolute Gasteiger partial charge is 0.191 e. The zero-order valence-corrected chi connectivity index (χ0v) is 14.6. The van der Waals surface area contributed by atoms with Gasteiger partial charge >= 0.3 is 0 Å². The summed E-state index contributed by atoms with van der Waals surface area (Å²) >= 11 is 0. The van der Waals surface area contributed by atoms with Gasteiger partial charge in [-0.05, 0) is 37.8 Å². The Labute approximate surface area is 139 Å². The number of nitrogens with zero attached hydrogens (tertiary/aromatic N) is 1. The summed E-state index contributed by atoms with van der Waals surface area (Å²) in [5, 5.41) is 6.79. The number of aryl methyl sites for hydroxylation is 1. The second-order valence-corrected chi connectivity index (χ2v) is 4.91. The highest BCUT2D eigenvalue weighted by Gasteiger charge is 2.11. The lowest BCUT2D eigenvalue weighted by Gasteiger charge is -2.16. The third kappa shape index (κ3) is 5.15. The Morgan fingerprint density at radius 2 is 1.95 bits per heavy atom. The Kier molecular flexibility index (Phi) is 7.65. The topological polar surface area (TPSA) is 36.4 Å². The third-order valence-corrected chi connectivity index (χ3v) is 3.36. The fourth-order valence-corrected chi connectivity index (χ4v) is 2.20. The zero-order chi connectivity index (χ0) is 13.5. The van der Waals surface area contributed by atoms with Crippen molar-refractivity contribution < 1.29 is 0 Å². The Balaban J connectivity index is 0.00000200. The van der Waals surface area contributed by atoms with E-state index in [9.17, 15) is 0 Å². The van der Waals surface area contributed by atoms with E-state index in [4.69, 9.17) is 0 Å². The number of guanidine groups is 1. The first-order chi connectivity index (χ1) is 9.29. The maximum Gasteiger partial charge on any atom is 0.191 e. The fourth-order valence-electron chi connectivity index (χ4n) is 2.20. The number of hydrogen-bond acceptors (Lipinski definition) is 1. The minimum Gasteiger partial charge on any atom is -0.357 e. The molecule has 0 radical (unpaired) electrons. The molecule has 0 unspecified atom stereocenters.